The van der Waals surface area contributed by atoms with Gasteiger partial charge in [-0.2, -0.15) is 0 Å². The summed E-state index contributed by atoms with van der Waals surface area (Å²) >= 11 is 0. The molecule has 7 aliphatic rings. The topological polar surface area (TPSA) is 279 Å². The summed E-state index contributed by atoms with van der Waals surface area (Å²) in [6.45, 7) is 6.69. The number of esters is 2. The molecule has 2 aromatic rings. The Balaban J connectivity index is 0.892. The first kappa shape index (κ1) is 54.3. The van der Waals surface area contributed by atoms with Crippen LogP contribution in [0.5, 0.6) is 0 Å². The summed E-state index contributed by atoms with van der Waals surface area (Å²) in [5.74, 6) is -1.64. The number of carbonyl (C=O) groups excluding carboxylic acids is 2. The average molecular weight is 1030 g/mol. The van der Waals surface area contributed by atoms with Crippen molar-refractivity contribution in [3.8, 4) is 0 Å². The van der Waals surface area contributed by atoms with E-state index in [4.69, 9.17) is 42.6 Å². The average Bonchev–Trinajstić information content (AvgIpc) is 3.68. The van der Waals surface area contributed by atoms with Gasteiger partial charge >= 0.3 is 11.9 Å². The van der Waals surface area contributed by atoms with Crippen LogP contribution in [0.15, 0.2) is 72.3 Å². The fraction of sp³-hybridized carbons (Fsp3) is 0.704. The molecule has 0 amide bonds. The molecule has 8 N–H and O–H groups in total. The summed E-state index contributed by atoms with van der Waals surface area (Å²) in [5, 5.41) is 87.5. The zero-order valence-electron chi connectivity index (χ0n) is 42.0. The van der Waals surface area contributed by atoms with E-state index in [1.165, 1.54) is 12.7 Å². The lowest BCUT2D eigenvalue weighted by Gasteiger charge is -2.61. The van der Waals surface area contributed by atoms with Gasteiger partial charge in [0.15, 0.2) is 31.1 Å². The number of allylic oxidation sites excluding steroid dienone is 1. The fourth-order valence-electron chi connectivity index (χ4n) is 13.8. The van der Waals surface area contributed by atoms with Gasteiger partial charge in [-0.3, -0.25) is 0 Å². The molecule has 404 valence electrons. The molecule has 4 aliphatic carbocycles. The molecule has 0 radical (unpaired) electrons. The van der Waals surface area contributed by atoms with Crippen LogP contribution in [0.4, 0.5) is 0 Å². The van der Waals surface area contributed by atoms with Crippen LogP contribution in [0, 0.1) is 28.6 Å². The van der Waals surface area contributed by atoms with E-state index in [-0.39, 0.29) is 40.4 Å². The predicted molar refractivity (Wildman–Crippen MR) is 255 cm³/mol. The molecule has 3 saturated carbocycles. The summed E-state index contributed by atoms with van der Waals surface area (Å²) in [7, 11) is 1.42. The predicted octanol–water partition coefficient (Wildman–Crippen LogP) is 2.31. The Labute approximate surface area is 425 Å². The van der Waals surface area contributed by atoms with Gasteiger partial charge in [0.2, 0.25) is 0 Å². The standard InChI is InChI=1S/C54H74O19/c1-27(66-51-46(72-48(63)30-14-10-7-11-15-30)44(40(59)37(26-56)70-51)71-47(62)29-12-8-6-9-13-29)33-20-23-54(64)35-17-16-31-24-32(18-21-52(31,3)34(35)19-22-53(33,54)4)68-50-45(65-5)43(38(57)28(2)67-50)73-49-42(61)41(60)39(58)36(25-55)69-49/h6-16,27-28,32-46,49-51,55-61,64H,17-26H2,1-5H3/t27-,28+,32-,33+,34-,35+,36+,37+,38-,39+,40+,41-,42+,43-,44-,45+,46+,49-,50-,51+,52-,53+,54-/m0/s1. The summed E-state index contributed by atoms with van der Waals surface area (Å²) in [6.07, 6.45) is -13.3. The third-order valence-electron chi connectivity index (χ3n) is 18.0. The van der Waals surface area contributed by atoms with Gasteiger partial charge in [-0.1, -0.05) is 61.9 Å². The first-order valence-corrected chi connectivity index (χ1v) is 25.9. The van der Waals surface area contributed by atoms with Crippen LogP contribution in [0.1, 0.15) is 99.8 Å². The fourth-order valence-corrected chi connectivity index (χ4v) is 13.8. The lowest BCUT2D eigenvalue weighted by molar-refractivity contribution is -0.363. The largest absolute Gasteiger partial charge is 0.452 e. The summed E-state index contributed by atoms with van der Waals surface area (Å²) in [6, 6.07) is 16.5. The number of ether oxygens (including phenoxy) is 9. The van der Waals surface area contributed by atoms with Crippen LogP contribution in [0.3, 0.4) is 0 Å². The lowest BCUT2D eigenvalue weighted by atomic mass is 9.45. The molecular formula is C54H74O19. The zero-order chi connectivity index (χ0) is 52.1. The van der Waals surface area contributed by atoms with E-state index in [9.17, 15) is 50.4 Å². The first-order valence-electron chi connectivity index (χ1n) is 25.9. The maximum Gasteiger partial charge on any atom is 0.338 e. The lowest BCUT2D eigenvalue weighted by Crippen LogP contribution is -2.64. The van der Waals surface area contributed by atoms with Crippen molar-refractivity contribution in [2.45, 2.75) is 189 Å². The molecule has 2 aromatic carbocycles. The number of fused-ring (bicyclic) bond motifs is 5. The van der Waals surface area contributed by atoms with Crippen molar-refractivity contribution in [2.75, 3.05) is 20.3 Å². The third kappa shape index (κ3) is 9.95. The van der Waals surface area contributed by atoms with E-state index >= 15 is 0 Å². The monoisotopic (exact) mass is 1030 g/mol. The highest BCUT2D eigenvalue weighted by molar-refractivity contribution is 5.90. The van der Waals surface area contributed by atoms with Crippen molar-refractivity contribution in [1.29, 1.82) is 0 Å². The van der Waals surface area contributed by atoms with Gasteiger partial charge in [0.1, 0.15) is 54.9 Å². The molecule has 19 nitrogen and oxygen atoms in total. The molecule has 0 unspecified atom stereocenters. The Kier molecular flexibility index (Phi) is 16.3. The van der Waals surface area contributed by atoms with Crippen LogP contribution in [-0.2, 0) is 42.6 Å². The van der Waals surface area contributed by atoms with E-state index in [0.29, 0.717) is 38.5 Å². The smallest absolute Gasteiger partial charge is 0.338 e. The minimum absolute atomic E-state index is 0.0712. The third-order valence-corrected chi connectivity index (χ3v) is 18.0. The molecule has 23 atom stereocenters. The highest BCUT2D eigenvalue weighted by Crippen LogP contribution is 2.68. The number of carbonyl (C=O) groups is 2. The maximum atomic E-state index is 13.7. The van der Waals surface area contributed by atoms with Gasteiger partial charge in [0.05, 0.1) is 48.3 Å². The van der Waals surface area contributed by atoms with Crippen LogP contribution in [0.2, 0.25) is 0 Å². The van der Waals surface area contributed by atoms with Gasteiger partial charge in [-0.15, -0.1) is 0 Å². The minimum atomic E-state index is -1.69. The summed E-state index contributed by atoms with van der Waals surface area (Å²) < 4.78 is 55.2. The SMILES string of the molecule is CO[C@H]1[C@H](O[C@H]2CC[C@@]3(C)C(=CC[C@@H]4[C@@H]3CC[C@]3(C)[C@@H]([C@H](C)O[C@@H]5O[C@H](CO)[C@@H](O)[C@H](OC(=O)c6ccccc6)[C@H]5OC(=O)c5ccccc5)CC[C@]43O)C2)O[C@H](C)[C@H](O)[C@@H]1O[C@@H]1O[C@H](CO)[C@@H](O)[C@H](O)[C@H]1O. The van der Waals surface area contributed by atoms with Crippen LogP contribution in [0.25, 0.3) is 0 Å². The van der Waals surface area contributed by atoms with Crippen LogP contribution in [-0.4, -0.2) is 183 Å². The van der Waals surface area contributed by atoms with E-state index in [2.05, 4.69) is 19.9 Å². The Hall–Kier alpha value is -3.48. The molecule has 0 spiro atoms. The second-order valence-electron chi connectivity index (χ2n) is 21.8. The normalized spacial score (nSPS) is 44.9. The quantitative estimate of drug-likeness (QED) is 0.0996. The van der Waals surface area contributed by atoms with Crippen molar-refractivity contribution in [3.63, 3.8) is 0 Å². The number of aliphatic hydroxyl groups is 8. The number of hydrogen-bond acceptors (Lipinski definition) is 19. The summed E-state index contributed by atoms with van der Waals surface area (Å²) in [4.78, 5) is 27.2. The van der Waals surface area contributed by atoms with Crippen molar-refractivity contribution in [2.24, 2.45) is 28.6 Å². The van der Waals surface area contributed by atoms with E-state index < -0.39 is 134 Å². The second kappa shape index (κ2) is 21.9. The zero-order valence-corrected chi connectivity index (χ0v) is 42.0. The Morgan fingerprint density at radius 2 is 1.29 bits per heavy atom. The van der Waals surface area contributed by atoms with Gasteiger partial charge < -0.3 is 83.5 Å². The molecule has 3 saturated heterocycles. The number of aliphatic hydroxyl groups excluding tert-OH is 7. The van der Waals surface area contributed by atoms with Crippen LogP contribution >= 0.6 is 0 Å². The minimum Gasteiger partial charge on any atom is -0.452 e. The molecule has 3 heterocycles. The van der Waals surface area contributed by atoms with Crippen molar-refractivity contribution < 1.29 is 93.1 Å². The Morgan fingerprint density at radius 1 is 0.671 bits per heavy atom. The van der Waals surface area contributed by atoms with E-state index in [1.54, 1.807) is 67.6 Å². The van der Waals surface area contributed by atoms with Crippen molar-refractivity contribution in [1.82, 2.24) is 0 Å². The van der Waals surface area contributed by atoms with Gasteiger partial charge in [-0.25, -0.2) is 9.59 Å². The van der Waals surface area contributed by atoms with Gasteiger partial charge in [-0.05, 0) is 113 Å². The van der Waals surface area contributed by atoms with Crippen LogP contribution < -0.4 is 0 Å². The Morgan fingerprint density at radius 3 is 1.92 bits per heavy atom. The van der Waals surface area contributed by atoms with E-state index in [0.717, 1.165) is 12.8 Å². The number of methoxy groups -OCH3 is 1. The molecule has 3 aliphatic heterocycles. The number of hydrogen-bond donors (Lipinski definition) is 8. The molecule has 0 bridgehead atoms. The first-order chi connectivity index (χ1) is 34.9. The van der Waals surface area contributed by atoms with Crippen molar-refractivity contribution >= 4 is 11.9 Å². The summed E-state index contributed by atoms with van der Waals surface area (Å²) in [5.41, 5.74) is -0.267. The molecule has 6 fully saturated rings. The van der Waals surface area contributed by atoms with E-state index in [1.807, 2.05) is 6.92 Å². The number of benzene rings is 2. The van der Waals surface area contributed by atoms with Gasteiger partial charge in [0, 0.05) is 12.5 Å². The van der Waals surface area contributed by atoms with Crippen molar-refractivity contribution in [3.05, 3.63) is 83.4 Å². The van der Waals surface area contributed by atoms with Gasteiger partial charge in [0.25, 0.3) is 0 Å². The highest BCUT2D eigenvalue weighted by atomic mass is 16.8. The molecule has 73 heavy (non-hydrogen) atoms. The molecule has 19 heteroatoms. The number of rotatable bonds is 14. The Bertz CT molecular complexity index is 2230. The molecule has 0 aromatic heterocycles. The second-order valence-corrected chi connectivity index (χ2v) is 21.8. The molecular weight excluding hydrogens is 953 g/mol. The maximum absolute atomic E-state index is 13.7. The molecule has 9 rings (SSSR count). The highest BCUT2D eigenvalue weighted by Gasteiger charge is 2.67.